The van der Waals surface area contributed by atoms with Crippen LogP contribution in [0.15, 0.2) is 106 Å². The Kier molecular flexibility index (Phi) is 7.84. The molecule has 0 radical (unpaired) electrons. The summed E-state index contributed by atoms with van der Waals surface area (Å²) < 4.78 is 32.2. The van der Waals surface area contributed by atoms with Crippen LogP contribution in [0.3, 0.4) is 0 Å². The lowest BCUT2D eigenvalue weighted by Gasteiger charge is -2.16. The average molecular weight is 572 g/mol. The average Bonchev–Trinajstić information content (AvgIpc) is 3.19. The monoisotopic (exact) mass is 571 g/mol. The minimum atomic E-state index is -0.601. The minimum Gasteiger partial charge on any atom is -0.495 e. The van der Waals surface area contributed by atoms with Gasteiger partial charge in [0.1, 0.15) is 28.0 Å². The lowest BCUT2D eigenvalue weighted by Crippen LogP contribution is -2.32. The van der Waals surface area contributed by atoms with Gasteiger partial charge in [0.15, 0.2) is 0 Å². The normalized spacial score (nSPS) is 13.0. The number of benzene rings is 4. The Labute approximate surface area is 238 Å². The Morgan fingerprint density at radius 2 is 1.46 bits per heavy atom. The zero-order chi connectivity index (χ0) is 29.1. The molecule has 0 bridgehead atoms. The lowest BCUT2D eigenvalue weighted by molar-refractivity contribution is -0.120. The molecular weight excluding hydrogens is 548 g/mol. The molecule has 41 heavy (non-hydrogen) atoms. The molecule has 0 fully saturated rings. The number of methoxy groups -OCH3 is 1. The highest BCUT2D eigenvalue weighted by molar-refractivity contribution is 8.04. The zero-order valence-electron chi connectivity index (χ0n) is 21.9. The van der Waals surface area contributed by atoms with Crippen LogP contribution in [0.4, 0.5) is 25.8 Å². The fourth-order valence-electron chi connectivity index (χ4n) is 4.12. The third-order valence-electron chi connectivity index (χ3n) is 6.18. The van der Waals surface area contributed by atoms with Crippen molar-refractivity contribution < 1.29 is 27.9 Å². The Morgan fingerprint density at radius 3 is 2.10 bits per heavy atom. The van der Waals surface area contributed by atoms with Crippen molar-refractivity contribution >= 4 is 46.5 Å². The summed E-state index contributed by atoms with van der Waals surface area (Å²) >= 11 is 1.07. The van der Waals surface area contributed by atoms with Gasteiger partial charge in [-0.3, -0.25) is 14.4 Å². The number of nitrogens with one attached hydrogen (secondary N) is 2. The van der Waals surface area contributed by atoms with E-state index in [4.69, 9.17) is 4.74 Å². The molecule has 0 aromatic heterocycles. The van der Waals surface area contributed by atoms with Gasteiger partial charge in [-0.2, -0.15) is 0 Å². The van der Waals surface area contributed by atoms with Gasteiger partial charge in [0.25, 0.3) is 17.7 Å². The van der Waals surface area contributed by atoms with Crippen LogP contribution in [-0.4, -0.2) is 24.8 Å². The molecule has 4 aromatic carbocycles. The third-order valence-corrected chi connectivity index (χ3v) is 7.27. The molecule has 1 aliphatic heterocycles. The highest BCUT2D eigenvalue weighted by Crippen LogP contribution is 2.39. The largest absolute Gasteiger partial charge is 0.495 e. The molecular formula is C31H23F2N3O4S. The summed E-state index contributed by atoms with van der Waals surface area (Å²) in [6.07, 6.45) is 0. The second-order valence-corrected chi connectivity index (χ2v) is 10.1. The van der Waals surface area contributed by atoms with Crippen LogP contribution in [0.25, 0.3) is 0 Å². The quantitative estimate of drug-likeness (QED) is 0.234. The minimum absolute atomic E-state index is 0.0434. The van der Waals surface area contributed by atoms with Crippen molar-refractivity contribution in [3.8, 4) is 5.75 Å². The van der Waals surface area contributed by atoms with E-state index in [0.29, 0.717) is 27.6 Å². The van der Waals surface area contributed by atoms with Gasteiger partial charge in [0, 0.05) is 16.1 Å². The molecule has 1 aliphatic rings. The van der Waals surface area contributed by atoms with Crippen LogP contribution >= 0.6 is 11.8 Å². The van der Waals surface area contributed by atoms with Crippen molar-refractivity contribution in [1.29, 1.82) is 0 Å². The van der Waals surface area contributed by atoms with Crippen LogP contribution in [0.2, 0.25) is 0 Å². The molecule has 0 atom stereocenters. The van der Waals surface area contributed by atoms with E-state index in [0.717, 1.165) is 22.2 Å². The van der Waals surface area contributed by atoms with Crippen LogP contribution in [0, 0.1) is 18.6 Å². The number of aryl methyl sites for hydroxylation is 1. The van der Waals surface area contributed by atoms with Gasteiger partial charge in [0.05, 0.1) is 18.5 Å². The number of hydrogen-bond acceptors (Lipinski definition) is 6. The molecule has 0 spiro atoms. The summed E-state index contributed by atoms with van der Waals surface area (Å²) in [7, 11) is 1.50. The van der Waals surface area contributed by atoms with E-state index in [-0.39, 0.29) is 16.3 Å². The number of halogens is 2. The first-order valence-corrected chi connectivity index (χ1v) is 13.2. The second-order valence-electron chi connectivity index (χ2n) is 9.04. The molecule has 3 amide bonds. The number of imide groups is 1. The Morgan fingerprint density at radius 1 is 0.829 bits per heavy atom. The van der Waals surface area contributed by atoms with Crippen molar-refractivity contribution in [3.05, 3.63) is 124 Å². The predicted molar refractivity (Wildman–Crippen MR) is 154 cm³/mol. The lowest BCUT2D eigenvalue weighted by atomic mass is 10.2. The first kappa shape index (κ1) is 27.6. The van der Waals surface area contributed by atoms with E-state index in [9.17, 15) is 23.2 Å². The molecule has 5 rings (SSSR count). The van der Waals surface area contributed by atoms with Crippen molar-refractivity contribution in [2.45, 2.75) is 11.8 Å². The molecule has 4 aromatic rings. The molecule has 0 saturated carbocycles. The SMILES string of the molecule is COc1ccc(C)cc1NC1=C(Sc2ccc(NC(=O)c3ccc(F)cc3)cc2)C(=O)N(c2ccc(F)cc2)C1=O. The molecule has 1 heterocycles. The van der Waals surface area contributed by atoms with Crippen LogP contribution in [0.1, 0.15) is 15.9 Å². The summed E-state index contributed by atoms with van der Waals surface area (Å²) in [6, 6.07) is 22.4. The van der Waals surface area contributed by atoms with Gasteiger partial charge in [-0.05, 0) is 97.4 Å². The highest BCUT2D eigenvalue weighted by atomic mass is 32.2. The molecule has 0 aliphatic carbocycles. The van der Waals surface area contributed by atoms with Crippen LogP contribution in [-0.2, 0) is 9.59 Å². The van der Waals surface area contributed by atoms with Gasteiger partial charge in [-0.25, -0.2) is 13.7 Å². The van der Waals surface area contributed by atoms with E-state index < -0.39 is 29.4 Å². The van der Waals surface area contributed by atoms with Gasteiger partial charge < -0.3 is 15.4 Å². The first-order chi connectivity index (χ1) is 19.7. The predicted octanol–water partition coefficient (Wildman–Crippen LogP) is 6.52. The number of hydrogen-bond donors (Lipinski definition) is 2. The maximum absolute atomic E-state index is 13.6. The number of ether oxygens (including phenoxy) is 1. The van der Waals surface area contributed by atoms with Gasteiger partial charge in [-0.1, -0.05) is 17.8 Å². The number of anilines is 3. The second kappa shape index (κ2) is 11.6. The van der Waals surface area contributed by atoms with E-state index in [1.54, 1.807) is 36.4 Å². The smallest absolute Gasteiger partial charge is 0.283 e. The summed E-state index contributed by atoms with van der Waals surface area (Å²) in [4.78, 5) is 41.4. The first-order valence-electron chi connectivity index (χ1n) is 12.4. The van der Waals surface area contributed by atoms with Crippen LogP contribution in [0.5, 0.6) is 5.75 Å². The molecule has 206 valence electrons. The number of nitrogens with zero attached hydrogens (tertiary/aromatic N) is 1. The fraction of sp³-hybridized carbons (Fsp3) is 0.0645. The number of rotatable bonds is 8. The Hall–Kier alpha value is -4.96. The van der Waals surface area contributed by atoms with E-state index in [2.05, 4.69) is 10.6 Å². The number of thioether (sulfide) groups is 1. The maximum atomic E-state index is 13.6. The van der Waals surface area contributed by atoms with E-state index in [1.165, 1.54) is 55.6 Å². The highest BCUT2D eigenvalue weighted by Gasteiger charge is 2.40. The number of amides is 3. The topological polar surface area (TPSA) is 87.7 Å². The van der Waals surface area contributed by atoms with Crippen molar-refractivity contribution in [3.63, 3.8) is 0 Å². The number of carbonyl (C=O) groups is 3. The van der Waals surface area contributed by atoms with Crippen molar-refractivity contribution in [2.24, 2.45) is 0 Å². The van der Waals surface area contributed by atoms with E-state index >= 15 is 0 Å². The van der Waals surface area contributed by atoms with Gasteiger partial charge in [-0.15, -0.1) is 0 Å². The summed E-state index contributed by atoms with van der Waals surface area (Å²) in [5, 5.41) is 5.82. The summed E-state index contributed by atoms with van der Waals surface area (Å²) in [6.45, 7) is 1.89. The third kappa shape index (κ3) is 5.97. The fourth-order valence-corrected chi connectivity index (χ4v) is 5.05. The molecule has 10 heteroatoms. The Bertz CT molecular complexity index is 1670. The Balaban J connectivity index is 1.44. The summed E-state index contributed by atoms with van der Waals surface area (Å²) in [5.74, 6) is -2.03. The molecule has 2 N–H and O–H groups in total. The number of carbonyl (C=O) groups excluding carboxylic acids is 3. The van der Waals surface area contributed by atoms with Crippen molar-refractivity contribution in [2.75, 3.05) is 22.6 Å². The van der Waals surface area contributed by atoms with Gasteiger partial charge in [0.2, 0.25) is 0 Å². The molecule has 0 saturated heterocycles. The molecule has 0 unspecified atom stereocenters. The summed E-state index contributed by atoms with van der Waals surface area (Å²) in [5.41, 5.74) is 2.47. The van der Waals surface area contributed by atoms with Gasteiger partial charge >= 0.3 is 0 Å². The zero-order valence-corrected chi connectivity index (χ0v) is 22.7. The maximum Gasteiger partial charge on any atom is 0.283 e. The van der Waals surface area contributed by atoms with E-state index in [1.807, 2.05) is 13.0 Å². The van der Waals surface area contributed by atoms with Crippen molar-refractivity contribution in [1.82, 2.24) is 0 Å². The molecule has 7 nitrogen and oxygen atoms in total. The van der Waals surface area contributed by atoms with Crippen LogP contribution < -0.4 is 20.3 Å². The standard InChI is InChI=1S/C31H23F2N3O4S/c1-18-3-16-26(40-2)25(17-18)35-27-28(31(39)36(30(27)38)23-12-8-21(33)9-13-23)41-24-14-10-22(11-15-24)34-29(37)19-4-6-20(32)7-5-19/h3-17,35H,1-2H3,(H,34,37).